The Kier molecular flexibility index (Phi) is 6.92. The molecule has 2 aromatic rings. The van der Waals surface area contributed by atoms with E-state index in [1.165, 1.54) is 18.1 Å². The van der Waals surface area contributed by atoms with Gasteiger partial charge in [0.05, 0.1) is 6.04 Å². The average molecular weight is 353 g/mol. The standard InChI is InChI=1S/C21H27N3O2/c1-5-17-6-8-18(9-7-17)14-24(4)15(2)21(26)23-20-12-10-19(11-13-20)22-16(3)25/h6-13,15H,5,14H2,1-4H3,(H,22,25)(H,23,26). The van der Waals surface area contributed by atoms with Crippen LogP contribution in [-0.2, 0) is 22.6 Å². The summed E-state index contributed by atoms with van der Waals surface area (Å²) in [5, 5.41) is 5.62. The van der Waals surface area contributed by atoms with Gasteiger partial charge in [-0.15, -0.1) is 0 Å². The third kappa shape index (κ3) is 5.70. The molecule has 0 aromatic heterocycles. The van der Waals surface area contributed by atoms with E-state index in [9.17, 15) is 9.59 Å². The second kappa shape index (κ2) is 9.15. The van der Waals surface area contributed by atoms with E-state index in [1.54, 1.807) is 24.3 Å². The maximum absolute atomic E-state index is 12.5. The summed E-state index contributed by atoms with van der Waals surface area (Å²) in [7, 11) is 1.94. The molecule has 0 saturated heterocycles. The lowest BCUT2D eigenvalue weighted by Crippen LogP contribution is -2.39. The number of likely N-dealkylation sites (N-methyl/N-ethyl adjacent to an activating group) is 1. The molecular weight excluding hydrogens is 326 g/mol. The number of benzene rings is 2. The van der Waals surface area contributed by atoms with E-state index in [0.29, 0.717) is 17.9 Å². The Morgan fingerprint density at radius 2 is 1.42 bits per heavy atom. The Hall–Kier alpha value is -2.66. The van der Waals surface area contributed by atoms with Gasteiger partial charge in [-0.05, 0) is 55.8 Å². The molecule has 2 aromatic carbocycles. The number of hydrogen-bond acceptors (Lipinski definition) is 3. The van der Waals surface area contributed by atoms with E-state index in [-0.39, 0.29) is 17.9 Å². The summed E-state index contributed by atoms with van der Waals surface area (Å²) >= 11 is 0. The molecule has 2 amide bonds. The van der Waals surface area contributed by atoms with Crippen LogP contribution in [0.4, 0.5) is 11.4 Å². The van der Waals surface area contributed by atoms with E-state index < -0.39 is 0 Å². The van der Waals surface area contributed by atoms with Crippen molar-refractivity contribution in [3.63, 3.8) is 0 Å². The topological polar surface area (TPSA) is 61.4 Å². The van der Waals surface area contributed by atoms with Crippen molar-refractivity contribution in [1.82, 2.24) is 4.90 Å². The van der Waals surface area contributed by atoms with Gasteiger partial charge < -0.3 is 10.6 Å². The van der Waals surface area contributed by atoms with E-state index in [2.05, 4.69) is 41.8 Å². The zero-order valence-corrected chi connectivity index (χ0v) is 15.9. The van der Waals surface area contributed by atoms with Crippen LogP contribution in [0, 0.1) is 0 Å². The molecule has 0 aliphatic rings. The summed E-state index contributed by atoms with van der Waals surface area (Å²) in [4.78, 5) is 25.5. The fourth-order valence-corrected chi connectivity index (χ4v) is 2.59. The fraction of sp³-hybridized carbons (Fsp3) is 0.333. The van der Waals surface area contributed by atoms with Crippen LogP contribution in [0.25, 0.3) is 0 Å². The molecule has 1 unspecified atom stereocenters. The van der Waals surface area contributed by atoms with Gasteiger partial charge in [0, 0.05) is 24.8 Å². The molecule has 0 aliphatic carbocycles. The van der Waals surface area contributed by atoms with Gasteiger partial charge in [0.2, 0.25) is 11.8 Å². The van der Waals surface area contributed by atoms with Crippen molar-refractivity contribution in [2.45, 2.75) is 39.8 Å². The quantitative estimate of drug-likeness (QED) is 0.798. The first-order valence-corrected chi connectivity index (χ1v) is 8.85. The predicted octanol–water partition coefficient (Wildman–Crippen LogP) is 3.67. The van der Waals surface area contributed by atoms with Crippen molar-refractivity contribution in [2.24, 2.45) is 0 Å². The largest absolute Gasteiger partial charge is 0.326 e. The third-order valence-electron chi connectivity index (χ3n) is 4.38. The van der Waals surface area contributed by atoms with Gasteiger partial charge in [0.25, 0.3) is 0 Å². The molecule has 138 valence electrons. The lowest BCUT2D eigenvalue weighted by molar-refractivity contribution is -0.120. The van der Waals surface area contributed by atoms with Crippen LogP contribution in [-0.4, -0.2) is 29.8 Å². The first kappa shape index (κ1) is 19.7. The summed E-state index contributed by atoms with van der Waals surface area (Å²) < 4.78 is 0. The first-order valence-electron chi connectivity index (χ1n) is 8.85. The Labute approximate surface area is 155 Å². The molecule has 0 saturated carbocycles. The van der Waals surface area contributed by atoms with Crippen LogP contribution in [0.1, 0.15) is 31.9 Å². The monoisotopic (exact) mass is 353 g/mol. The van der Waals surface area contributed by atoms with Crippen LogP contribution in [0.15, 0.2) is 48.5 Å². The number of carbonyl (C=O) groups excluding carboxylic acids is 2. The first-order chi connectivity index (χ1) is 12.4. The van der Waals surface area contributed by atoms with Crippen LogP contribution in [0.5, 0.6) is 0 Å². The number of nitrogens with one attached hydrogen (secondary N) is 2. The molecule has 0 bridgehead atoms. The Morgan fingerprint density at radius 1 is 0.923 bits per heavy atom. The molecule has 26 heavy (non-hydrogen) atoms. The third-order valence-corrected chi connectivity index (χ3v) is 4.38. The molecule has 0 spiro atoms. The summed E-state index contributed by atoms with van der Waals surface area (Å²) in [6.07, 6.45) is 1.02. The molecule has 0 aliphatic heterocycles. The molecule has 0 fully saturated rings. The number of nitrogens with zero attached hydrogens (tertiary/aromatic N) is 1. The van der Waals surface area contributed by atoms with E-state index >= 15 is 0 Å². The van der Waals surface area contributed by atoms with Crippen molar-refractivity contribution < 1.29 is 9.59 Å². The number of anilines is 2. The maximum Gasteiger partial charge on any atom is 0.241 e. The SMILES string of the molecule is CCc1ccc(CN(C)C(C)C(=O)Nc2ccc(NC(C)=O)cc2)cc1. The van der Waals surface area contributed by atoms with Gasteiger partial charge in [0.15, 0.2) is 0 Å². The highest BCUT2D eigenvalue weighted by Crippen LogP contribution is 2.15. The van der Waals surface area contributed by atoms with Crippen molar-refractivity contribution in [1.29, 1.82) is 0 Å². The molecule has 5 heteroatoms. The van der Waals surface area contributed by atoms with Crippen molar-refractivity contribution in [3.05, 3.63) is 59.7 Å². The van der Waals surface area contributed by atoms with Crippen molar-refractivity contribution in [3.8, 4) is 0 Å². The zero-order valence-electron chi connectivity index (χ0n) is 15.9. The molecule has 0 radical (unpaired) electrons. The summed E-state index contributed by atoms with van der Waals surface area (Å²) in [5.41, 5.74) is 3.90. The van der Waals surface area contributed by atoms with Crippen LogP contribution in [0.3, 0.4) is 0 Å². The molecule has 2 rings (SSSR count). The second-order valence-corrected chi connectivity index (χ2v) is 6.51. The van der Waals surface area contributed by atoms with Gasteiger partial charge in [-0.3, -0.25) is 14.5 Å². The second-order valence-electron chi connectivity index (χ2n) is 6.51. The lowest BCUT2D eigenvalue weighted by atomic mass is 10.1. The highest BCUT2D eigenvalue weighted by Gasteiger charge is 2.18. The van der Waals surface area contributed by atoms with Gasteiger partial charge in [-0.2, -0.15) is 0 Å². The maximum atomic E-state index is 12.5. The molecule has 1 atom stereocenters. The van der Waals surface area contributed by atoms with Crippen molar-refractivity contribution >= 4 is 23.2 Å². The highest BCUT2D eigenvalue weighted by molar-refractivity contribution is 5.95. The van der Waals surface area contributed by atoms with Gasteiger partial charge >= 0.3 is 0 Å². The lowest BCUT2D eigenvalue weighted by Gasteiger charge is -2.24. The minimum absolute atomic E-state index is 0.0649. The molecule has 0 heterocycles. The van der Waals surface area contributed by atoms with Gasteiger partial charge in [0.1, 0.15) is 0 Å². The number of aryl methyl sites for hydroxylation is 1. The molecule has 2 N–H and O–H groups in total. The number of hydrogen-bond donors (Lipinski definition) is 2. The Bertz CT molecular complexity index is 739. The normalized spacial score (nSPS) is 11.9. The van der Waals surface area contributed by atoms with Crippen LogP contribution < -0.4 is 10.6 Å². The molecular formula is C21H27N3O2. The van der Waals surface area contributed by atoms with Gasteiger partial charge in [-0.25, -0.2) is 0 Å². The average Bonchev–Trinajstić information content (AvgIpc) is 2.62. The Morgan fingerprint density at radius 3 is 1.92 bits per heavy atom. The summed E-state index contributed by atoms with van der Waals surface area (Å²) in [6.45, 7) is 6.20. The van der Waals surface area contributed by atoms with Crippen LogP contribution in [0.2, 0.25) is 0 Å². The fourth-order valence-electron chi connectivity index (χ4n) is 2.59. The highest BCUT2D eigenvalue weighted by atomic mass is 16.2. The number of amides is 2. The zero-order chi connectivity index (χ0) is 19.1. The van der Waals surface area contributed by atoms with E-state index in [1.807, 2.05) is 18.9 Å². The number of rotatable bonds is 7. The van der Waals surface area contributed by atoms with Gasteiger partial charge in [-0.1, -0.05) is 31.2 Å². The minimum atomic E-state index is -0.268. The Balaban J connectivity index is 1.91. The summed E-state index contributed by atoms with van der Waals surface area (Å²) in [6, 6.07) is 15.3. The number of carbonyl (C=O) groups is 2. The van der Waals surface area contributed by atoms with E-state index in [4.69, 9.17) is 0 Å². The predicted molar refractivity (Wildman–Crippen MR) is 106 cm³/mol. The van der Waals surface area contributed by atoms with Crippen LogP contribution >= 0.6 is 0 Å². The van der Waals surface area contributed by atoms with E-state index in [0.717, 1.165) is 6.42 Å². The van der Waals surface area contributed by atoms with Crippen molar-refractivity contribution in [2.75, 3.05) is 17.7 Å². The smallest absolute Gasteiger partial charge is 0.241 e. The summed E-state index contributed by atoms with van der Waals surface area (Å²) in [5.74, 6) is -0.186. The minimum Gasteiger partial charge on any atom is -0.326 e. The molecule has 5 nitrogen and oxygen atoms in total.